The van der Waals surface area contributed by atoms with Crippen molar-refractivity contribution in [1.29, 1.82) is 0 Å². The van der Waals surface area contributed by atoms with Crippen LogP contribution >= 0.6 is 0 Å². The van der Waals surface area contributed by atoms with E-state index in [0.29, 0.717) is 13.1 Å². The third-order valence-electron chi connectivity index (χ3n) is 6.04. The number of hydrogen-bond acceptors (Lipinski definition) is 4. The van der Waals surface area contributed by atoms with Gasteiger partial charge in [-0.05, 0) is 42.0 Å². The minimum absolute atomic E-state index is 0.110. The molecule has 152 valence electrons. The van der Waals surface area contributed by atoms with Crippen LogP contribution in [0.15, 0.2) is 48.5 Å². The van der Waals surface area contributed by atoms with Gasteiger partial charge in [0.15, 0.2) is 6.10 Å². The van der Waals surface area contributed by atoms with Gasteiger partial charge in [-0.2, -0.15) is 0 Å². The third-order valence-corrected chi connectivity index (χ3v) is 6.04. The number of nitrogens with zero attached hydrogens (tertiary/aromatic N) is 2. The van der Waals surface area contributed by atoms with Gasteiger partial charge in [0.25, 0.3) is 5.91 Å². The lowest BCUT2D eigenvalue weighted by molar-refractivity contribution is -0.158. The molecule has 0 N–H and O–H groups in total. The first-order valence-electron chi connectivity index (χ1n) is 10.4. The van der Waals surface area contributed by atoms with Gasteiger partial charge in [0, 0.05) is 33.1 Å². The summed E-state index contributed by atoms with van der Waals surface area (Å²) >= 11 is 0. The number of benzene rings is 2. The maximum atomic E-state index is 12.6. The van der Waals surface area contributed by atoms with Gasteiger partial charge in [0.05, 0.1) is 6.04 Å². The number of hydrogen-bond donors (Lipinski definition) is 0. The van der Waals surface area contributed by atoms with Crippen LogP contribution in [0, 0.1) is 0 Å². The lowest BCUT2D eigenvalue weighted by Crippen LogP contribution is -2.52. The van der Waals surface area contributed by atoms with E-state index in [0.717, 1.165) is 25.9 Å². The standard InChI is InChI=1S/C24H28N2O3/c1-17(29-18(2)27)24(28)26-15-13-25(14-16-26)23-21-9-5-3-7-19(21)11-12-20-8-4-6-10-22(20)23/h3-10,17,23H,11-16H2,1-2H3/t17-/m0/s1. The predicted molar refractivity (Wildman–Crippen MR) is 112 cm³/mol. The highest BCUT2D eigenvalue weighted by Gasteiger charge is 2.33. The Hall–Kier alpha value is -2.66. The number of rotatable bonds is 3. The maximum Gasteiger partial charge on any atom is 0.303 e. The SMILES string of the molecule is CC(=O)O[C@@H](C)C(=O)N1CCN(C2c3ccccc3CCc3ccccc32)CC1. The molecule has 1 aliphatic heterocycles. The van der Waals surface area contributed by atoms with Crippen LogP contribution in [-0.4, -0.2) is 54.0 Å². The molecule has 2 aromatic rings. The zero-order chi connectivity index (χ0) is 20.4. The molecule has 5 heteroatoms. The molecule has 5 nitrogen and oxygen atoms in total. The molecule has 0 radical (unpaired) electrons. The fraction of sp³-hybridized carbons (Fsp3) is 0.417. The largest absolute Gasteiger partial charge is 0.453 e. The molecule has 0 saturated carbocycles. The first kappa shape index (κ1) is 19.6. The molecule has 2 aliphatic rings. The van der Waals surface area contributed by atoms with Crippen molar-refractivity contribution in [1.82, 2.24) is 9.80 Å². The second-order valence-electron chi connectivity index (χ2n) is 7.91. The van der Waals surface area contributed by atoms with Crippen molar-refractivity contribution in [2.45, 2.75) is 38.8 Å². The number of carbonyl (C=O) groups excluding carboxylic acids is 2. The molecule has 0 unspecified atom stereocenters. The topological polar surface area (TPSA) is 49.9 Å². The Morgan fingerprint density at radius 2 is 1.41 bits per heavy atom. The minimum Gasteiger partial charge on any atom is -0.453 e. The molecule has 0 spiro atoms. The summed E-state index contributed by atoms with van der Waals surface area (Å²) < 4.78 is 5.07. The Kier molecular flexibility index (Phi) is 5.67. The first-order chi connectivity index (χ1) is 14.0. The zero-order valence-corrected chi connectivity index (χ0v) is 17.1. The van der Waals surface area contributed by atoms with Crippen LogP contribution in [0.4, 0.5) is 0 Å². The normalized spacial score (nSPS) is 18.3. The van der Waals surface area contributed by atoms with E-state index in [-0.39, 0.29) is 11.9 Å². The van der Waals surface area contributed by atoms with Crippen molar-refractivity contribution in [2.75, 3.05) is 26.2 Å². The molecular formula is C24H28N2O3. The first-order valence-corrected chi connectivity index (χ1v) is 10.4. The van der Waals surface area contributed by atoms with Crippen molar-refractivity contribution in [3.8, 4) is 0 Å². The lowest BCUT2D eigenvalue weighted by Gasteiger charge is -2.40. The lowest BCUT2D eigenvalue weighted by atomic mass is 9.92. The van der Waals surface area contributed by atoms with E-state index < -0.39 is 12.1 Å². The van der Waals surface area contributed by atoms with Crippen LogP contribution in [0.3, 0.4) is 0 Å². The number of fused-ring (bicyclic) bond motifs is 2. The number of aryl methyl sites for hydroxylation is 2. The number of amides is 1. The van der Waals surface area contributed by atoms with Gasteiger partial charge in [0.1, 0.15) is 0 Å². The van der Waals surface area contributed by atoms with Crippen molar-refractivity contribution in [3.05, 3.63) is 70.8 Å². The predicted octanol–water partition coefficient (Wildman–Crippen LogP) is 2.97. The number of carbonyl (C=O) groups is 2. The molecule has 1 fully saturated rings. The van der Waals surface area contributed by atoms with Gasteiger partial charge in [-0.25, -0.2) is 0 Å². The highest BCUT2D eigenvalue weighted by molar-refractivity contribution is 5.83. The summed E-state index contributed by atoms with van der Waals surface area (Å²) in [4.78, 5) is 28.1. The molecule has 29 heavy (non-hydrogen) atoms. The van der Waals surface area contributed by atoms with Gasteiger partial charge in [-0.3, -0.25) is 14.5 Å². The smallest absolute Gasteiger partial charge is 0.303 e. The zero-order valence-electron chi connectivity index (χ0n) is 17.1. The number of esters is 1. The Morgan fingerprint density at radius 3 is 1.93 bits per heavy atom. The average molecular weight is 392 g/mol. The van der Waals surface area contributed by atoms with E-state index in [4.69, 9.17) is 4.74 Å². The van der Waals surface area contributed by atoms with Gasteiger partial charge in [-0.1, -0.05) is 48.5 Å². The molecule has 1 amide bonds. The molecule has 0 aromatic heterocycles. The fourth-order valence-electron chi connectivity index (χ4n) is 4.64. The minimum atomic E-state index is -0.724. The third kappa shape index (κ3) is 4.06. The molecule has 4 rings (SSSR count). The Labute approximate surface area is 172 Å². The van der Waals surface area contributed by atoms with Crippen LogP contribution in [0.5, 0.6) is 0 Å². The molecule has 1 heterocycles. The van der Waals surface area contributed by atoms with Crippen LogP contribution in [0.1, 0.15) is 42.1 Å². The molecule has 2 aromatic carbocycles. The van der Waals surface area contributed by atoms with E-state index in [1.165, 1.54) is 29.2 Å². The van der Waals surface area contributed by atoms with Crippen LogP contribution in [0.2, 0.25) is 0 Å². The van der Waals surface area contributed by atoms with Gasteiger partial charge in [0.2, 0.25) is 0 Å². The molecular weight excluding hydrogens is 364 g/mol. The Balaban J connectivity index is 1.55. The summed E-state index contributed by atoms with van der Waals surface area (Å²) in [6.45, 7) is 5.87. The quantitative estimate of drug-likeness (QED) is 0.754. The highest BCUT2D eigenvalue weighted by Crippen LogP contribution is 2.37. The highest BCUT2D eigenvalue weighted by atomic mass is 16.5. The summed E-state index contributed by atoms with van der Waals surface area (Å²) in [7, 11) is 0. The summed E-state index contributed by atoms with van der Waals surface area (Å²) in [6.07, 6.45) is 1.39. The maximum absolute atomic E-state index is 12.6. The van der Waals surface area contributed by atoms with Crippen LogP contribution in [-0.2, 0) is 27.2 Å². The monoisotopic (exact) mass is 392 g/mol. The van der Waals surface area contributed by atoms with Crippen LogP contribution < -0.4 is 0 Å². The summed E-state index contributed by atoms with van der Waals surface area (Å²) in [5.74, 6) is -0.530. The fourth-order valence-corrected chi connectivity index (χ4v) is 4.64. The second-order valence-corrected chi connectivity index (χ2v) is 7.91. The number of piperazine rings is 1. The van der Waals surface area contributed by atoms with Gasteiger partial charge < -0.3 is 9.64 Å². The van der Waals surface area contributed by atoms with Crippen molar-refractivity contribution in [2.24, 2.45) is 0 Å². The van der Waals surface area contributed by atoms with Crippen molar-refractivity contribution < 1.29 is 14.3 Å². The Bertz CT molecular complexity index is 855. The molecule has 1 saturated heterocycles. The van der Waals surface area contributed by atoms with Crippen molar-refractivity contribution in [3.63, 3.8) is 0 Å². The summed E-state index contributed by atoms with van der Waals surface area (Å²) in [5.41, 5.74) is 5.59. The second kappa shape index (κ2) is 8.37. The summed E-state index contributed by atoms with van der Waals surface area (Å²) in [6, 6.07) is 17.7. The van der Waals surface area contributed by atoms with E-state index in [1.54, 1.807) is 6.92 Å². The van der Waals surface area contributed by atoms with E-state index >= 15 is 0 Å². The Morgan fingerprint density at radius 1 is 0.897 bits per heavy atom. The summed E-state index contributed by atoms with van der Waals surface area (Å²) in [5, 5.41) is 0. The van der Waals surface area contributed by atoms with E-state index in [2.05, 4.69) is 53.4 Å². The van der Waals surface area contributed by atoms with Gasteiger partial charge in [-0.15, -0.1) is 0 Å². The average Bonchev–Trinajstić information content (AvgIpc) is 2.90. The van der Waals surface area contributed by atoms with Gasteiger partial charge >= 0.3 is 5.97 Å². The van der Waals surface area contributed by atoms with E-state index in [1.807, 2.05) is 4.90 Å². The molecule has 1 aliphatic carbocycles. The van der Waals surface area contributed by atoms with Crippen molar-refractivity contribution >= 4 is 11.9 Å². The van der Waals surface area contributed by atoms with Crippen LogP contribution in [0.25, 0.3) is 0 Å². The van der Waals surface area contributed by atoms with E-state index in [9.17, 15) is 9.59 Å². The number of ether oxygens (including phenoxy) is 1. The molecule has 1 atom stereocenters. The molecule has 0 bridgehead atoms.